The molecule has 0 aromatic carbocycles. The van der Waals surface area contributed by atoms with Gasteiger partial charge in [0, 0.05) is 24.7 Å². The lowest BCUT2D eigenvalue weighted by Crippen LogP contribution is -2.11. The van der Waals surface area contributed by atoms with Crippen LogP contribution in [0.15, 0.2) is 23.3 Å². The number of nitrogens with zero attached hydrogens (tertiary/aromatic N) is 2. The summed E-state index contributed by atoms with van der Waals surface area (Å²) in [5.41, 5.74) is 6.35. The molecule has 0 amide bonds. The third kappa shape index (κ3) is 2.32. The third-order valence-electron chi connectivity index (χ3n) is 2.77. The van der Waals surface area contributed by atoms with Gasteiger partial charge in [0.15, 0.2) is 0 Å². The van der Waals surface area contributed by atoms with Crippen LogP contribution >= 0.6 is 0 Å². The smallest absolute Gasteiger partial charge is 0.216 e. The number of aromatic nitrogens is 1. The van der Waals surface area contributed by atoms with Crippen LogP contribution in [0.4, 0.5) is 4.39 Å². The Kier molecular flexibility index (Phi) is 2.94. The van der Waals surface area contributed by atoms with Gasteiger partial charge in [-0.2, -0.15) is 4.39 Å². The minimum atomic E-state index is -0.358. The highest BCUT2D eigenvalue weighted by atomic mass is 19.1. The van der Waals surface area contributed by atoms with Crippen molar-refractivity contribution < 1.29 is 4.39 Å². The third-order valence-corrected chi connectivity index (χ3v) is 2.77. The van der Waals surface area contributed by atoms with E-state index in [1.807, 2.05) is 0 Å². The molecule has 0 saturated carbocycles. The molecule has 15 heavy (non-hydrogen) atoms. The molecule has 2 rings (SSSR count). The molecule has 0 saturated heterocycles. The van der Waals surface area contributed by atoms with Gasteiger partial charge in [0.05, 0.1) is 5.84 Å². The molecule has 0 fully saturated rings. The van der Waals surface area contributed by atoms with Crippen molar-refractivity contribution in [3.63, 3.8) is 0 Å². The van der Waals surface area contributed by atoms with Gasteiger partial charge in [-0.15, -0.1) is 0 Å². The van der Waals surface area contributed by atoms with Crippen LogP contribution in [0.2, 0.25) is 0 Å². The van der Waals surface area contributed by atoms with Crippen molar-refractivity contribution in [1.29, 1.82) is 0 Å². The van der Waals surface area contributed by atoms with E-state index in [2.05, 4.69) is 9.98 Å². The molecular weight excluding hydrogens is 193 g/mol. The minimum absolute atomic E-state index is 0.198. The molecule has 0 radical (unpaired) electrons. The normalized spacial score (nSPS) is 21.9. The minimum Gasteiger partial charge on any atom is -0.387 e. The zero-order chi connectivity index (χ0) is 10.7. The molecule has 3 nitrogen and oxygen atoms in total. The second kappa shape index (κ2) is 4.38. The van der Waals surface area contributed by atoms with Gasteiger partial charge in [0.2, 0.25) is 5.95 Å². The molecule has 2 N–H and O–H groups in total. The number of pyridine rings is 1. The van der Waals surface area contributed by atoms with Crippen LogP contribution in [-0.4, -0.2) is 17.4 Å². The van der Waals surface area contributed by atoms with Gasteiger partial charge in [-0.1, -0.05) is 6.07 Å². The van der Waals surface area contributed by atoms with Gasteiger partial charge in [-0.05, 0) is 24.8 Å². The second-order valence-corrected chi connectivity index (χ2v) is 3.78. The molecule has 1 atom stereocenters. The lowest BCUT2D eigenvalue weighted by molar-refractivity contribution is 0.521. The Labute approximate surface area is 88.2 Å². The lowest BCUT2D eigenvalue weighted by atomic mass is 9.93. The Bertz CT molecular complexity index is 376. The zero-order valence-corrected chi connectivity index (χ0v) is 8.49. The lowest BCUT2D eigenvalue weighted by Gasteiger charge is -2.13. The number of hydrogen-bond acceptors (Lipinski definition) is 3. The number of nitrogens with two attached hydrogens (primary N) is 1. The molecule has 1 aromatic heterocycles. The molecule has 0 spiro atoms. The van der Waals surface area contributed by atoms with Crippen molar-refractivity contribution in [3.8, 4) is 0 Å². The maximum atomic E-state index is 13.4. The summed E-state index contributed by atoms with van der Waals surface area (Å²) in [5, 5.41) is 0. The highest BCUT2D eigenvalue weighted by Gasteiger charge is 2.18. The van der Waals surface area contributed by atoms with Crippen molar-refractivity contribution in [2.45, 2.75) is 25.2 Å². The molecule has 0 aliphatic carbocycles. The number of aliphatic imine (C=N–C) groups is 1. The van der Waals surface area contributed by atoms with E-state index in [0.717, 1.165) is 19.3 Å². The second-order valence-electron chi connectivity index (χ2n) is 3.78. The van der Waals surface area contributed by atoms with Crippen molar-refractivity contribution in [3.05, 3.63) is 29.8 Å². The number of halogens is 1. The summed E-state index contributed by atoms with van der Waals surface area (Å²) in [6.45, 7) is 0.685. The number of hydrogen-bond donors (Lipinski definition) is 1. The zero-order valence-electron chi connectivity index (χ0n) is 8.49. The van der Waals surface area contributed by atoms with Crippen molar-refractivity contribution in [2.24, 2.45) is 10.7 Å². The average Bonchev–Trinajstić information content (AvgIpc) is 2.44. The first kappa shape index (κ1) is 10.1. The Morgan fingerprint density at radius 1 is 1.40 bits per heavy atom. The van der Waals surface area contributed by atoms with Gasteiger partial charge >= 0.3 is 0 Å². The van der Waals surface area contributed by atoms with Crippen LogP contribution in [0.25, 0.3) is 0 Å². The maximum absolute atomic E-state index is 13.4. The van der Waals surface area contributed by atoms with E-state index >= 15 is 0 Å². The predicted molar refractivity (Wildman–Crippen MR) is 57.3 cm³/mol. The van der Waals surface area contributed by atoms with E-state index in [1.165, 1.54) is 6.20 Å². The summed E-state index contributed by atoms with van der Waals surface area (Å²) < 4.78 is 13.4. The van der Waals surface area contributed by atoms with E-state index in [0.29, 0.717) is 17.9 Å². The van der Waals surface area contributed by atoms with E-state index in [4.69, 9.17) is 5.73 Å². The molecule has 1 aliphatic rings. The molecule has 1 aliphatic heterocycles. The number of amidine groups is 1. The van der Waals surface area contributed by atoms with Crippen molar-refractivity contribution in [2.75, 3.05) is 6.54 Å². The molecule has 1 unspecified atom stereocenters. The predicted octanol–water partition coefficient (Wildman–Crippen LogP) is 1.85. The quantitative estimate of drug-likeness (QED) is 0.714. The van der Waals surface area contributed by atoms with Gasteiger partial charge < -0.3 is 5.73 Å². The fraction of sp³-hybridized carbons (Fsp3) is 0.455. The maximum Gasteiger partial charge on any atom is 0.216 e. The molecule has 4 heteroatoms. The Balaban J connectivity index is 2.15. The first-order valence-corrected chi connectivity index (χ1v) is 5.16. The summed E-state index contributed by atoms with van der Waals surface area (Å²) in [4.78, 5) is 7.85. The van der Waals surface area contributed by atoms with Crippen LogP contribution in [-0.2, 0) is 0 Å². The van der Waals surface area contributed by atoms with Gasteiger partial charge in [-0.25, -0.2) is 4.98 Å². The van der Waals surface area contributed by atoms with Crippen LogP contribution in [0.5, 0.6) is 0 Å². The highest BCUT2D eigenvalue weighted by Crippen LogP contribution is 2.27. The summed E-state index contributed by atoms with van der Waals surface area (Å²) in [6.07, 6.45) is 3.93. The van der Waals surface area contributed by atoms with Gasteiger partial charge in [0.25, 0.3) is 0 Å². The van der Waals surface area contributed by atoms with E-state index in [9.17, 15) is 4.39 Å². The molecule has 0 bridgehead atoms. The summed E-state index contributed by atoms with van der Waals surface area (Å²) in [6, 6.07) is 3.57. The molecule has 1 aromatic rings. The Hall–Kier alpha value is -1.45. The Morgan fingerprint density at radius 3 is 3.07 bits per heavy atom. The highest BCUT2D eigenvalue weighted by molar-refractivity contribution is 5.80. The Morgan fingerprint density at radius 2 is 2.27 bits per heavy atom. The van der Waals surface area contributed by atoms with E-state index in [1.54, 1.807) is 12.1 Å². The first-order valence-electron chi connectivity index (χ1n) is 5.16. The fourth-order valence-electron chi connectivity index (χ4n) is 1.92. The van der Waals surface area contributed by atoms with E-state index < -0.39 is 0 Å². The molecule has 2 heterocycles. The fourth-order valence-corrected chi connectivity index (χ4v) is 1.92. The summed E-state index contributed by atoms with van der Waals surface area (Å²) in [5.74, 6) is 0.522. The van der Waals surface area contributed by atoms with Gasteiger partial charge in [0.1, 0.15) is 0 Å². The first-order chi connectivity index (χ1) is 7.27. The van der Waals surface area contributed by atoms with Crippen LogP contribution in [0.1, 0.15) is 30.7 Å². The van der Waals surface area contributed by atoms with Gasteiger partial charge in [-0.3, -0.25) is 4.99 Å². The monoisotopic (exact) mass is 207 g/mol. The van der Waals surface area contributed by atoms with Crippen molar-refractivity contribution in [1.82, 2.24) is 4.98 Å². The molecule has 80 valence electrons. The van der Waals surface area contributed by atoms with E-state index in [-0.39, 0.29) is 11.9 Å². The number of rotatable bonds is 1. The van der Waals surface area contributed by atoms with Crippen LogP contribution in [0.3, 0.4) is 0 Å². The average molecular weight is 207 g/mol. The van der Waals surface area contributed by atoms with Crippen LogP contribution < -0.4 is 5.73 Å². The topological polar surface area (TPSA) is 51.3 Å². The van der Waals surface area contributed by atoms with Crippen molar-refractivity contribution >= 4 is 5.84 Å². The largest absolute Gasteiger partial charge is 0.387 e. The summed E-state index contributed by atoms with van der Waals surface area (Å²) in [7, 11) is 0. The summed E-state index contributed by atoms with van der Waals surface area (Å²) >= 11 is 0. The molecular formula is C11H14FN3. The standard InChI is InChI=1S/C11H14FN3/c12-11-9(2-1-6-15-11)8-3-4-10(13)14-7-5-8/h1-2,6,8H,3-5,7H2,(H2,13,14). The SMILES string of the molecule is NC1=NCCC(c2cccnc2F)CC1. The van der Waals surface area contributed by atoms with Crippen LogP contribution in [0, 0.1) is 5.95 Å².